The van der Waals surface area contributed by atoms with Gasteiger partial charge in [-0.25, -0.2) is 4.39 Å². The smallest absolute Gasteiger partial charge is 0.274 e. The second-order valence-electron chi connectivity index (χ2n) is 3.78. The summed E-state index contributed by atoms with van der Waals surface area (Å²) in [6.07, 6.45) is 0.788. The number of rotatable bonds is 7. The zero-order valence-corrected chi connectivity index (χ0v) is 9.69. The van der Waals surface area contributed by atoms with E-state index in [-0.39, 0.29) is 24.2 Å². The average Bonchev–Trinajstić information content (AvgIpc) is 2.27. The first-order valence-electron chi connectivity index (χ1n) is 5.42. The highest BCUT2D eigenvalue weighted by Crippen LogP contribution is 2.19. The van der Waals surface area contributed by atoms with Crippen molar-refractivity contribution in [2.24, 2.45) is 5.73 Å². The molecular formula is C11H14FN3O3. The first-order valence-corrected chi connectivity index (χ1v) is 5.42. The highest BCUT2D eigenvalue weighted by atomic mass is 19.1. The molecule has 0 atom stereocenters. The lowest BCUT2D eigenvalue weighted by atomic mass is 10.1. The Labute approximate surface area is 103 Å². The number of nitrogens with one attached hydrogen (secondary N) is 1. The maximum atomic E-state index is 13.0. The number of nitrogens with zero attached hydrogens (tertiary/aromatic N) is 1. The standard InChI is InChI=1S/C11H14FN3O3/c12-9-3-4-10(15(17)18)8(6-9)7-14-5-1-2-11(13)16/h3-4,6,14H,1-2,5,7H2,(H2,13,16). The van der Waals surface area contributed by atoms with E-state index in [0.29, 0.717) is 13.0 Å². The molecule has 0 saturated heterocycles. The molecule has 0 aliphatic carbocycles. The number of primary amides is 1. The van der Waals surface area contributed by atoms with Gasteiger partial charge in [0.2, 0.25) is 5.91 Å². The molecule has 0 bridgehead atoms. The molecule has 0 aliphatic rings. The molecular weight excluding hydrogens is 241 g/mol. The molecule has 1 rings (SSSR count). The number of benzene rings is 1. The van der Waals surface area contributed by atoms with Crippen LogP contribution in [0.2, 0.25) is 0 Å². The molecule has 1 aromatic carbocycles. The van der Waals surface area contributed by atoms with E-state index in [1.807, 2.05) is 0 Å². The predicted octanol–water partition coefficient (Wildman–Crippen LogP) is 1.09. The van der Waals surface area contributed by atoms with Crippen LogP contribution in [0.1, 0.15) is 18.4 Å². The van der Waals surface area contributed by atoms with Gasteiger partial charge in [-0.2, -0.15) is 0 Å². The summed E-state index contributed by atoms with van der Waals surface area (Å²) in [7, 11) is 0. The fraction of sp³-hybridized carbons (Fsp3) is 0.364. The van der Waals surface area contributed by atoms with Crippen LogP contribution < -0.4 is 11.1 Å². The van der Waals surface area contributed by atoms with E-state index < -0.39 is 16.6 Å². The molecule has 98 valence electrons. The van der Waals surface area contributed by atoms with E-state index in [1.54, 1.807) is 0 Å². The van der Waals surface area contributed by atoms with Crippen molar-refractivity contribution in [2.45, 2.75) is 19.4 Å². The van der Waals surface area contributed by atoms with Crippen molar-refractivity contribution in [1.29, 1.82) is 0 Å². The SMILES string of the molecule is NC(=O)CCCNCc1cc(F)ccc1[N+](=O)[O-]. The highest BCUT2D eigenvalue weighted by Gasteiger charge is 2.13. The topological polar surface area (TPSA) is 98.3 Å². The Morgan fingerprint density at radius 2 is 2.22 bits per heavy atom. The third-order valence-corrected chi connectivity index (χ3v) is 2.33. The Morgan fingerprint density at radius 3 is 2.83 bits per heavy atom. The summed E-state index contributed by atoms with van der Waals surface area (Å²) in [5, 5.41) is 13.6. The highest BCUT2D eigenvalue weighted by molar-refractivity contribution is 5.73. The van der Waals surface area contributed by atoms with E-state index in [9.17, 15) is 19.3 Å². The minimum Gasteiger partial charge on any atom is -0.370 e. The minimum atomic E-state index is -0.556. The Balaban J connectivity index is 2.53. The van der Waals surface area contributed by atoms with Gasteiger partial charge < -0.3 is 11.1 Å². The predicted molar refractivity (Wildman–Crippen MR) is 63.2 cm³/mol. The summed E-state index contributed by atoms with van der Waals surface area (Å²) >= 11 is 0. The summed E-state index contributed by atoms with van der Waals surface area (Å²) < 4.78 is 13.0. The molecule has 0 heterocycles. The number of carbonyl (C=O) groups is 1. The maximum absolute atomic E-state index is 13.0. The van der Waals surface area contributed by atoms with E-state index in [1.165, 1.54) is 0 Å². The van der Waals surface area contributed by atoms with Crippen molar-refractivity contribution in [1.82, 2.24) is 5.32 Å². The molecule has 0 radical (unpaired) electrons. The van der Waals surface area contributed by atoms with Crippen LogP contribution in [0.4, 0.5) is 10.1 Å². The summed E-state index contributed by atoms with van der Waals surface area (Å²) in [5.74, 6) is -0.914. The first kappa shape index (κ1) is 14.0. The number of nitro groups is 1. The lowest BCUT2D eigenvalue weighted by Gasteiger charge is -2.05. The third-order valence-electron chi connectivity index (χ3n) is 2.33. The van der Waals surface area contributed by atoms with Crippen LogP contribution in [-0.2, 0) is 11.3 Å². The number of carbonyl (C=O) groups excluding carboxylic acids is 1. The number of nitrogens with two attached hydrogens (primary N) is 1. The van der Waals surface area contributed by atoms with Gasteiger partial charge in [0.05, 0.1) is 4.92 Å². The van der Waals surface area contributed by atoms with Crippen LogP contribution in [0.5, 0.6) is 0 Å². The van der Waals surface area contributed by atoms with Crippen molar-refractivity contribution >= 4 is 11.6 Å². The maximum Gasteiger partial charge on any atom is 0.274 e. The molecule has 3 N–H and O–H groups in total. The molecule has 0 fully saturated rings. The zero-order chi connectivity index (χ0) is 13.5. The number of halogens is 1. The van der Waals surface area contributed by atoms with Gasteiger partial charge in [0.25, 0.3) is 5.69 Å². The molecule has 18 heavy (non-hydrogen) atoms. The average molecular weight is 255 g/mol. The van der Waals surface area contributed by atoms with Crippen LogP contribution in [0, 0.1) is 15.9 Å². The largest absolute Gasteiger partial charge is 0.370 e. The van der Waals surface area contributed by atoms with E-state index in [4.69, 9.17) is 5.73 Å². The molecule has 1 aromatic rings. The van der Waals surface area contributed by atoms with E-state index in [2.05, 4.69) is 5.32 Å². The summed E-state index contributed by atoms with van der Waals surface area (Å²) in [6, 6.07) is 3.31. The van der Waals surface area contributed by atoms with Gasteiger partial charge in [0, 0.05) is 24.6 Å². The van der Waals surface area contributed by atoms with Crippen LogP contribution in [0.15, 0.2) is 18.2 Å². The fourth-order valence-electron chi connectivity index (χ4n) is 1.48. The van der Waals surface area contributed by atoms with Gasteiger partial charge in [-0.15, -0.1) is 0 Å². The summed E-state index contributed by atoms with van der Waals surface area (Å²) in [6.45, 7) is 0.656. The van der Waals surface area contributed by atoms with Gasteiger partial charge in [-0.3, -0.25) is 14.9 Å². The molecule has 6 nitrogen and oxygen atoms in total. The fourth-order valence-corrected chi connectivity index (χ4v) is 1.48. The second-order valence-corrected chi connectivity index (χ2v) is 3.78. The molecule has 0 spiro atoms. The van der Waals surface area contributed by atoms with Gasteiger partial charge in [0.15, 0.2) is 0 Å². The van der Waals surface area contributed by atoms with Crippen LogP contribution in [0.3, 0.4) is 0 Å². The van der Waals surface area contributed by atoms with Gasteiger partial charge in [0.1, 0.15) is 5.82 Å². The molecule has 0 aliphatic heterocycles. The Hall–Kier alpha value is -2.02. The van der Waals surface area contributed by atoms with Crippen molar-refractivity contribution in [2.75, 3.05) is 6.54 Å². The van der Waals surface area contributed by atoms with Crippen molar-refractivity contribution in [3.63, 3.8) is 0 Å². The normalized spacial score (nSPS) is 10.3. The molecule has 1 amide bonds. The van der Waals surface area contributed by atoms with E-state index in [0.717, 1.165) is 18.2 Å². The molecule has 0 saturated carbocycles. The monoisotopic (exact) mass is 255 g/mol. The molecule has 0 unspecified atom stereocenters. The van der Waals surface area contributed by atoms with Gasteiger partial charge in [-0.1, -0.05) is 0 Å². The second kappa shape index (κ2) is 6.65. The number of hydrogen-bond donors (Lipinski definition) is 2. The summed E-state index contributed by atoms with van der Waals surface area (Å²) in [4.78, 5) is 20.6. The van der Waals surface area contributed by atoms with Crippen LogP contribution >= 0.6 is 0 Å². The minimum absolute atomic E-state index is 0.126. The molecule has 0 aromatic heterocycles. The first-order chi connectivity index (χ1) is 8.50. The third kappa shape index (κ3) is 4.46. The van der Waals surface area contributed by atoms with E-state index >= 15 is 0 Å². The van der Waals surface area contributed by atoms with Crippen molar-refractivity contribution in [3.8, 4) is 0 Å². The Bertz CT molecular complexity index is 451. The van der Waals surface area contributed by atoms with Crippen LogP contribution in [0.25, 0.3) is 0 Å². The number of amides is 1. The lowest BCUT2D eigenvalue weighted by molar-refractivity contribution is -0.385. The zero-order valence-electron chi connectivity index (χ0n) is 9.69. The lowest BCUT2D eigenvalue weighted by Crippen LogP contribution is -2.18. The van der Waals surface area contributed by atoms with Crippen molar-refractivity contribution in [3.05, 3.63) is 39.7 Å². The van der Waals surface area contributed by atoms with Crippen LogP contribution in [-0.4, -0.2) is 17.4 Å². The quantitative estimate of drug-likeness (QED) is 0.433. The van der Waals surface area contributed by atoms with Gasteiger partial charge >= 0.3 is 0 Å². The van der Waals surface area contributed by atoms with Gasteiger partial charge in [-0.05, 0) is 25.1 Å². The summed E-state index contributed by atoms with van der Waals surface area (Å²) in [5.41, 5.74) is 5.11. The van der Waals surface area contributed by atoms with Crippen molar-refractivity contribution < 1.29 is 14.1 Å². The Kier molecular flexibility index (Phi) is 5.19. The number of nitro benzene ring substituents is 1. The Morgan fingerprint density at radius 1 is 1.50 bits per heavy atom. The number of hydrogen-bond acceptors (Lipinski definition) is 4. The molecule has 7 heteroatoms.